The van der Waals surface area contributed by atoms with E-state index in [1.165, 1.54) is 6.07 Å². The molecule has 102 valence electrons. The Kier molecular flexibility index (Phi) is 2.92. The number of benzene rings is 1. The number of carbonyl (C=O) groups excluding carboxylic acids is 1. The van der Waals surface area contributed by atoms with Crippen LogP contribution in [-0.2, 0) is 4.79 Å². The molecule has 0 unspecified atom stereocenters. The standard InChI is InChI=1S/C14H16F2N2O/c15-9-5-6-10-12(11(9)16)18-14(13(19)17-10)7-3-1-2-4-8-14/h5-6,18H,1-4,7-8H2,(H,17,19). The van der Waals surface area contributed by atoms with E-state index < -0.39 is 17.2 Å². The van der Waals surface area contributed by atoms with Crippen molar-refractivity contribution in [3.63, 3.8) is 0 Å². The summed E-state index contributed by atoms with van der Waals surface area (Å²) in [6.07, 6.45) is 5.33. The lowest BCUT2D eigenvalue weighted by Gasteiger charge is -2.38. The van der Waals surface area contributed by atoms with Crippen LogP contribution in [0.2, 0.25) is 0 Å². The summed E-state index contributed by atoms with van der Waals surface area (Å²) < 4.78 is 27.2. The second kappa shape index (κ2) is 4.47. The van der Waals surface area contributed by atoms with Crippen LogP contribution >= 0.6 is 0 Å². The molecule has 5 heteroatoms. The summed E-state index contributed by atoms with van der Waals surface area (Å²) in [7, 11) is 0. The SMILES string of the molecule is O=C1Nc2ccc(F)c(F)c2NC12CCCCCC2. The molecule has 2 aliphatic rings. The largest absolute Gasteiger partial charge is 0.367 e. The maximum Gasteiger partial charge on any atom is 0.250 e. The Bertz CT molecular complexity index is 522. The minimum absolute atomic E-state index is 0.0847. The van der Waals surface area contributed by atoms with E-state index in [4.69, 9.17) is 0 Å². The summed E-state index contributed by atoms with van der Waals surface area (Å²) in [6, 6.07) is 2.42. The normalized spacial score (nSPS) is 21.3. The average molecular weight is 266 g/mol. The molecule has 1 saturated carbocycles. The summed E-state index contributed by atoms with van der Waals surface area (Å²) in [5, 5.41) is 5.69. The first kappa shape index (κ1) is 12.4. The fourth-order valence-corrected chi connectivity index (χ4v) is 3.00. The third kappa shape index (κ3) is 1.97. The van der Waals surface area contributed by atoms with Crippen LogP contribution in [0.15, 0.2) is 12.1 Å². The molecular weight excluding hydrogens is 250 g/mol. The molecule has 1 aromatic rings. The van der Waals surface area contributed by atoms with Crippen molar-refractivity contribution in [1.82, 2.24) is 0 Å². The van der Waals surface area contributed by atoms with E-state index in [1.54, 1.807) is 0 Å². The maximum absolute atomic E-state index is 13.9. The molecule has 1 aliphatic carbocycles. The molecule has 3 rings (SSSR count). The summed E-state index contributed by atoms with van der Waals surface area (Å²) in [6.45, 7) is 0. The molecule has 3 nitrogen and oxygen atoms in total. The quantitative estimate of drug-likeness (QED) is 0.755. The summed E-state index contributed by atoms with van der Waals surface area (Å²) in [5.41, 5.74) is -0.377. The molecule has 0 radical (unpaired) electrons. The molecular formula is C14H16F2N2O. The Morgan fingerprint density at radius 2 is 1.74 bits per heavy atom. The predicted molar refractivity (Wildman–Crippen MR) is 69.0 cm³/mol. The number of hydrogen-bond donors (Lipinski definition) is 2. The van der Waals surface area contributed by atoms with Crippen molar-refractivity contribution in [2.75, 3.05) is 10.6 Å². The van der Waals surface area contributed by atoms with Gasteiger partial charge in [-0.3, -0.25) is 4.79 Å². The van der Waals surface area contributed by atoms with Gasteiger partial charge in [0.25, 0.3) is 0 Å². The van der Waals surface area contributed by atoms with Crippen LogP contribution in [0, 0.1) is 11.6 Å². The Hall–Kier alpha value is -1.65. The van der Waals surface area contributed by atoms with Gasteiger partial charge in [0.1, 0.15) is 5.54 Å². The van der Waals surface area contributed by atoms with E-state index in [9.17, 15) is 13.6 Å². The third-order valence-electron chi connectivity index (χ3n) is 4.10. The van der Waals surface area contributed by atoms with Crippen LogP contribution in [0.4, 0.5) is 20.2 Å². The topological polar surface area (TPSA) is 41.1 Å². The first-order chi connectivity index (χ1) is 9.12. The van der Waals surface area contributed by atoms with Crippen molar-refractivity contribution >= 4 is 17.3 Å². The van der Waals surface area contributed by atoms with Crippen molar-refractivity contribution in [3.05, 3.63) is 23.8 Å². The van der Waals surface area contributed by atoms with Gasteiger partial charge in [0, 0.05) is 0 Å². The number of carbonyl (C=O) groups is 1. The highest BCUT2D eigenvalue weighted by Gasteiger charge is 2.43. The summed E-state index contributed by atoms with van der Waals surface area (Å²) >= 11 is 0. The van der Waals surface area contributed by atoms with Gasteiger partial charge >= 0.3 is 0 Å². The molecule has 0 saturated heterocycles. The van der Waals surface area contributed by atoms with Gasteiger partial charge in [0.15, 0.2) is 11.6 Å². The number of fused-ring (bicyclic) bond motifs is 1. The van der Waals surface area contributed by atoms with Gasteiger partial charge in [-0.25, -0.2) is 8.78 Å². The van der Waals surface area contributed by atoms with Crippen LogP contribution < -0.4 is 10.6 Å². The molecule has 0 bridgehead atoms. The van der Waals surface area contributed by atoms with Crippen LogP contribution in [0.25, 0.3) is 0 Å². The molecule has 2 N–H and O–H groups in total. The number of rotatable bonds is 0. The highest BCUT2D eigenvalue weighted by molar-refractivity contribution is 6.06. The summed E-state index contributed by atoms with van der Waals surface area (Å²) in [4.78, 5) is 12.3. The van der Waals surface area contributed by atoms with Gasteiger partial charge < -0.3 is 10.6 Å². The van der Waals surface area contributed by atoms with E-state index in [1.807, 2.05) is 0 Å². The van der Waals surface area contributed by atoms with Gasteiger partial charge in [-0.15, -0.1) is 0 Å². The van der Waals surface area contributed by atoms with Gasteiger partial charge in [-0.2, -0.15) is 0 Å². The lowest BCUT2D eigenvalue weighted by Crippen LogP contribution is -2.52. The van der Waals surface area contributed by atoms with Crippen molar-refractivity contribution in [2.24, 2.45) is 0 Å². The first-order valence-electron chi connectivity index (χ1n) is 6.70. The zero-order valence-electron chi connectivity index (χ0n) is 10.6. The number of anilines is 2. The Morgan fingerprint density at radius 3 is 2.42 bits per heavy atom. The highest BCUT2D eigenvalue weighted by atomic mass is 19.2. The van der Waals surface area contributed by atoms with Crippen LogP contribution in [0.5, 0.6) is 0 Å². The molecule has 0 aromatic heterocycles. The molecule has 1 aromatic carbocycles. The van der Waals surface area contributed by atoms with Crippen LogP contribution in [0.1, 0.15) is 38.5 Å². The van der Waals surface area contributed by atoms with Gasteiger partial charge in [-0.1, -0.05) is 25.7 Å². The molecule has 1 amide bonds. The van der Waals surface area contributed by atoms with Gasteiger partial charge in [-0.05, 0) is 25.0 Å². The van der Waals surface area contributed by atoms with Crippen LogP contribution in [-0.4, -0.2) is 11.4 Å². The van der Waals surface area contributed by atoms with E-state index in [0.717, 1.165) is 31.7 Å². The van der Waals surface area contributed by atoms with Crippen molar-refractivity contribution < 1.29 is 13.6 Å². The number of halogens is 2. The molecule has 1 fully saturated rings. The van der Waals surface area contributed by atoms with Gasteiger partial charge in [0.05, 0.1) is 11.4 Å². The minimum atomic E-state index is -0.916. The first-order valence-corrected chi connectivity index (χ1v) is 6.70. The third-order valence-corrected chi connectivity index (χ3v) is 4.10. The molecule has 1 heterocycles. The van der Waals surface area contributed by atoms with E-state index >= 15 is 0 Å². The maximum atomic E-state index is 13.9. The molecule has 0 atom stereocenters. The van der Waals surface area contributed by atoms with E-state index in [2.05, 4.69) is 10.6 Å². The van der Waals surface area contributed by atoms with Gasteiger partial charge in [0.2, 0.25) is 5.91 Å². The number of hydrogen-bond acceptors (Lipinski definition) is 2. The lowest BCUT2D eigenvalue weighted by atomic mass is 9.86. The highest BCUT2D eigenvalue weighted by Crippen LogP contribution is 2.39. The van der Waals surface area contributed by atoms with Crippen molar-refractivity contribution in [3.8, 4) is 0 Å². The summed E-state index contributed by atoms with van der Waals surface area (Å²) in [5.74, 6) is -1.94. The molecule has 1 spiro atoms. The lowest BCUT2D eigenvalue weighted by molar-refractivity contribution is -0.121. The average Bonchev–Trinajstić information content (AvgIpc) is 2.64. The zero-order chi connectivity index (χ0) is 13.5. The number of nitrogens with one attached hydrogen (secondary N) is 2. The van der Waals surface area contributed by atoms with Crippen molar-refractivity contribution in [1.29, 1.82) is 0 Å². The minimum Gasteiger partial charge on any atom is -0.367 e. The fourth-order valence-electron chi connectivity index (χ4n) is 3.00. The Balaban J connectivity index is 2.02. The Labute approximate surface area is 110 Å². The van der Waals surface area contributed by atoms with E-state index in [-0.39, 0.29) is 11.6 Å². The zero-order valence-corrected chi connectivity index (χ0v) is 10.6. The number of amides is 1. The van der Waals surface area contributed by atoms with E-state index in [0.29, 0.717) is 18.5 Å². The smallest absolute Gasteiger partial charge is 0.250 e. The second-order valence-corrected chi connectivity index (χ2v) is 5.36. The molecule has 19 heavy (non-hydrogen) atoms. The fraction of sp³-hybridized carbons (Fsp3) is 0.500. The van der Waals surface area contributed by atoms with Crippen molar-refractivity contribution in [2.45, 2.75) is 44.1 Å². The monoisotopic (exact) mass is 266 g/mol. The predicted octanol–water partition coefficient (Wildman–Crippen LogP) is 3.42. The Morgan fingerprint density at radius 1 is 1.05 bits per heavy atom. The molecule has 1 aliphatic heterocycles. The van der Waals surface area contributed by atoms with Crippen LogP contribution in [0.3, 0.4) is 0 Å². The second-order valence-electron chi connectivity index (χ2n) is 5.36.